The van der Waals surface area contributed by atoms with Crippen LogP contribution in [-0.2, 0) is 5.54 Å². The number of nitrogens with zero attached hydrogens (tertiary/aromatic N) is 2. The number of aryl methyl sites for hydroxylation is 1. The summed E-state index contributed by atoms with van der Waals surface area (Å²) in [5.41, 5.74) is 6.97. The van der Waals surface area contributed by atoms with Crippen LogP contribution in [0, 0.1) is 6.92 Å². The molecule has 0 aromatic carbocycles. The van der Waals surface area contributed by atoms with E-state index in [1.165, 1.54) is 0 Å². The summed E-state index contributed by atoms with van der Waals surface area (Å²) in [6, 6.07) is 0. The van der Waals surface area contributed by atoms with Crippen LogP contribution in [0.1, 0.15) is 24.7 Å². The van der Waals surface area contributed by atoms with Crippen molar-refractivity contribution in [3.05, 3.63) is 23.8 Å². The number of hydrogen-bond acceptors (Lipinski definition) is 4. The second-order valence-corrected chi connectivity index (χ2v) is 3.38. The van der Waals surface area contributed by atoms with Crippen LogP contribution in [0.5, 0.6) is 0 Å². The summed E-state index contributed by atoms with van der Waals surface area (Å²) in [6.45, 7) is 3.77. The van der Waals surface area contributed by atoms with Crippen LogP contribution in [0.15, 0.2) is 12.4 Å². The van der Waals surface area contributed by atoms with E-state index < -0.39 is 5.54 Å². The fourth-order valence-corrected chi connectivity index (χ4v) is 1.32. The topological polar surface area (TPSA) is 72.0 Å². The molecule has 13 heavy (non-hydrogen) atoms. The molecule has 0 fully saturated rings. The Balaban J connectivity index is 2.99. The van der Waals surface area contributed by atoms with Gasteiger partial charge in [0.1, 0.15) is 0 Å². The third-order valence-electron chi connectivity index (χ3n) is 2.05. The van der Waals surface area contributed by atoms with E-state index in [-0.39, 0.29) is 6.61 Å². The van der Waals surface area contributed by atoms with Crippen molar-refractivity contribution >= 4 is 0 Å². The number of nitrogens with two attached hydrogens (primary N) is 1. The minimum absolute atomic E-state index is 0.0585. The van der Waals surface area contributed by atoms with Crippen molar-refractivity contribution in [2.45, 2.75) is 25.8 Å². The second kappa shape index (κ2) is 3.81. The standard InChI is InChI=1S/C9H15N3O/c1-7-8(12-5-4-11-7)9(2,10)3-6-13/h4-5,13H,3,6,10H2,1-2H3. The van der Waals surface area contributed by atoms with Gasteiger partial charge in [0.05, 0.1) is 16.9 Å². The van der Waals surface area contributed by atoms with E-state index in [9.17, 15) is 0 Å². The first-order valence-corrected chi connectivity index (χ1v) is 4.26. The van der Waals surface area contributed by atoms with Gasteiger partial charge in [0.15, 0.2) is 0 Å². The Bertz CT molecular complexity index is 286. The quantitative estimate of drug-likeness (QED) is 0.705. The number of hydrogen-bond donors (Lipinski definition) is 2. The van der Waals surface area contributed by atoms with Crippen LogP contribution in [0.3, 0.4) is 0 Å². The third kappa shape index (κ3) is 2.23. The summed E-state index contributed by atoms with van der Waals surface area (Å²) < 4.78 is 0. The Morgan fingerprint density at radius 2 is 2.08 bits per heavy atom. The van der Waals surface area contributed by atoms with Gasteiger partial charge in [-0.3, -0.25) is 9.97 Å². The number of aliphatic hydroxyl groups excluding tert-OH is 1. The summed E-state index contributed by atoms with van der Waals surface area (Å²) in [7, 11) is 0. The van der Waals surface area contributed by atoms with Crippen molar-refractivity contribution in [3.8, 4) is 0 Å². The first-order valence-electron chi connectivity index (χ1n) is 4.26. The molecule has 0 amide bonds. The maximum atomic E-state index is 8.83. The van der Waals surface area contributed by atoms with Gasteiger partial charge in [-0.25, -0.2) is 0 Å². The minimum Gasteiger partial charge on any atom is -0.396 e. The highest BCUT2D eigenvalue weighted by atomic mass is 16.3. The average Bonchev–Trinajstić information content (AvgIpc) is 2.04. The number of rotatable bonds is 3. The van der Waals surface area contributed by atoms with E-state index in [1.807, 2.05) is 13.8 Å². The lowest BCUT2D eigenvalue weighted by molar-refractivity contribution is 0.244. The first-order chi connectivity index (χ1) is 6.08. The van der Waals surface area contributed by atoms with Crippen LogP contribution in [-0.4, -0.2) is 21.7 Å². The molecule has 0 aliphatic carbocycles. The molecule has 1 heterocycles. The Morgan fingerprint density at radius 3 is 2.62 bits per heavy atom. The molecule has 4 heteroatoms. The molecule has 0 bridgehead atoms. The van der Waals surface area contributed by atoms with Crippen molar-refractivity contribution < 1.29 is 5.11 Å². The summed E-state index contributed by atoms with van der Waals surface area (Å²) in [4.78, 5) is 8.27. The van der Waals surface area contributed by atoms with Gasteiger partial charge >= 0.3 is 0 Å². The van der Waals surface area contributed by atoms with Crippen LogP contribution in [0.25, 0.3) is 0 Å². The molecule has 72 valence electrons. The van der Waals surface area contributed by atoms with Gasteiger partial charge in [0, 0.05) is 19.0 Å². The monoisotopic (exact) mass is 181 g/mol. The van der Waals surface area contributed by atoms with Crippen molar-refractivity contribution in [2.24, 2.45) is 5.73 Å². The average molecular weight is 181 g/mol. The van der Waals surface area contributed by atoms with E-state index >= 15 is 0 Å². The maximum Gasteiger partial charge on any atom is 0.0812 e. The highest BCUT2D eigenvalue weighted by molar-refractivity contribution is 5.17. The van der Waals surface area contributed by atoms with Crippen molar-refractivity contribution in [1.29, 1.82) is 0 Å². The van der Waals surface area contributed by atoms with Gasteiger partial charge in [-0.1, -0.05) is 0 Å². The van der Waals surface area contributed by atoms with Crippen molar-refractivity contribution in [1.82, 2.24) is 9.97 Å². The van der Waals surface area contributed by atoms with Crippen molar-refractivity contribution in [2.75, 3.05) is 6.61 Å². The third-order valence-corrected chi connectivity index (χ3v) is 2.05. The van der Waals surface area contributed by atoms with Gasteiger partial charge < -0.3 is 10.8 Å². The molecular weight excluding hydrogens is 166 g/mol. The van der Waals surface area contributed by atoms with Crippen LogP contribution in [0.4, 0.5) is 0 Å². The largest absolute Gasteiger partial charge is 0.396 e. The summed E-state index contributed by atoms with van der Waals surface area (Å²) in [5, 5.41) is 8.83. The van der Waals surface area contributed by atoms with E-state index in [2.05, 4.69) is 9.97 Å². The smallest absolute Gasteiger partial charge is 0.0812 e. The zero-order valence-corrected chi connectivity index (χ0v) is 7.99. The summed E-state index contributed by atoms with van der Waals surface area (Å²) in [5.74, 6) is 0. The molecule has 1 atom stereocenters. The molecule has 1 unspecified atom stereocenters. The maximum absolute atomic E-state index is 8.83. The molecule has 0 radical (unpaired) electrons. The minimum atomic E-state index is -0.590. The molecule has 1 aromatic heterocycles. The van der Waals surface area contributed by atoms with Gasteiger partial charge in [-0.2, -0.15) is 0 Å². The number of aliphatic hydroxyl groups is 1. The molecule has 0 aliphatic heterocycles. The lowest BCUT2D eigenvalue weighted by Crippen LogP contribution is -2.36. The normalized spacial score (nSPS) is 15.4. The fraction of sp³-hybridized carbons (Fsp3) is 0.556. The summed E-state index contributed by atoms with van der Waals surface area (Å²) >= 11 is 0. The van der Waals surface area contributed by atoms with Crippen LogP contribution < -0.4 is 5.73 Å². The second-order valence-electron chi connectivity index (χ2n) is 3.38. The molecule has 0 aliphatic rings. The highest BCUT2D eigenvalue weighted by Crippen LogP contribution is 2.20. The zero-order valence-electron chi connectivity index (χ0n) is 7.99. The van der Waals surface area contributed by atoms with Gasteiger partial charge in [0.25, 0.3) is 0 Å². The highest BCUT2D eigenvalue weighted by Gasteiger charge is 2.24. The van der Waals surface area contributed by atoms with Crippen LogP contribution in [0.2, 0.25) is 0 Å². The first kappa shape index (κ1) is 10.1. The molecule has 0 saturated carbocycles. The van der Waals surface area contributed by atoms with Gasteiger partial charge in [-0.05, 0) is 20.3 Å². The van der Waals surface area contributed by atoms with E-state index in [0.717, 1.165) is 11.4 Å². The lowest BCUT2D eigenvalue weighted by atomic mass is 9.94. The van der Waals surface area contributed by atoms with Crippen LogP contribution >= 0.6 is 0 Å². The molecule has 0 saturated heterocycles. The molecule has 4 nitrogen and oxygen atoms in total. The molecule has 1 aromatic rings. The number of aromatic nitrogens is 2. The van der Waals surface area contributed by atoms with Crippen molar-refractivity contribution in [3.63, 3.8) is 0 Å². The Morgan fingerprint density at radius 1 is 1.46 bits per heavy atom. The molecule has 1 rings (SSSR count). The Kier molecular flexibility index (Phi) is 2.95. The van der Waals surface area contributed by atoms with E-state index in [4.69, 9.17) is 10.8 Å². The lowest BCUT2D eigenvalue weighted by Gasteiger charge is -2.23. The van der Waals surface area contributed by atoms with Gasteiger partial charge in [-0.15, -0.1) is 0 Å². The van der Waals surface area contributed by atoms with E-state index in [1.54, 1.807) is 12.4 Å². The molecular formula is C9H15N3O. The van der Waals surface area contributed by atoms with E-state index in [0.29, 0.717) is 6.42 Å². The Labute approximate surface area is 77.8 Å². The zero-order chi connectivity index (χ0) is 9.90. The molecule has 3 N–H and O–H groups in total. The predicted molar refractivity (Wildman–Crippen MR) is 50.0 cm³/mol. The molecule has 0 spiro atoms. The SMILES string of the molecule is Cc1nccnc1C(C)(N)CCO. The fourth-order valence-electron chi connectivity index (χ4n) is 1.32. The predicted octanol–water partition coefficient (Wildman–Crippen LogP) is 0.341. The Hall–Kier alpha value is -1.00. The summed E-state index contributed by atoms with van der Waals surface area (Å²) in [6.07, 6.45) is 3.74. The van der Waals surface area contributed by atoms with Gasteiger partial charge in [0.2, 0.25) is 0 Å².